The normalized spacial score (nSPS) is 16.3. The summed E-state index contributed by atoms with van der Waals surface area (Å²) in [6, 6.07) is 19.9. The van der Waals surface area contributed by atoms with Crippen molar-refractivity contribution in [3.05, 3.63) is 83.6 Å². The zero-order chi connectivity index (χ0) is 23.1. The highest BCUT2D eigenvalue weighted by Gasteiger charge is 2.39. The van der Waals surface area contributed by atoms with Crippen molar-refractivity contribution in [1.82, 2.24) is 4.90 Å². The van der Waals surface area contributed by atoms with Crippen molar-refractivity contribution in [2.75, 3.05) is 25.3 Å². The van der Waals surface area contributed by atoms with E-state index in [1.54, 1.807) is 30.3 Å². The Labute approximate surface area is 195 Å². The van der Waals surface area contributed by atoms with Gasteiger partial charge in [-0.3, -0.25) is 14.5 Å². The molecule has 0 spiro atoms. The van der Waals surface area contributed by atoms with E-state index in [1.165, 1.54) is 4.90 Å². The van der Waals surface area contributed by atoms with Crippen molar-refractivity contribution in [1.29, 1.82) is 0 Å². The SMILES string of the molecule is O=C1C(Nc2ccc3c(c2)OCCO3)=C(c2ccccc2)C(=O)N1Cc1ccc2c(c1)OCO2. The van der Waals surface area contributed by atoms with E-state index in [9.17, 15) is 9.59 Å². The lowest BCUT2D eigenvalue weighted by atomic mass is 10.0. The van der Waals surface area contributed by atoms with E-state index in [0.29, 0.717) is 53.0 Å². The second kappa shape index (κ2) is 8.15. The van der Waals surface area contributed by atoms with Crippen molar-refractivity contribution in [3.8, 4) is 23.0 Å². The molecule has 0 aromatic heterocycles. The van der Waals surface area contributed by atoms with Gasteiger partial charge in [-0.05, 0) is 35.4 Å². The molecule has 170 valence electrons. The average Bonchev–Trinajstić information content (AvgIpc) is 3.43. The fourth-order valence-corrected chi connectivity index (χ4v) is 4.20. The van der Waals surface area contributed by atoms with Gasteiger partial charge in [-0.2, -0.15) is 0 Å². The summed E-state index contributed by atoms with van der Waals surface area (Å²) in [6.45, 7) is 1.21. The van der Waals surface area contributed by atoms with Gasteiger partial charge in [-0.25, -0.2) is 0 Å². The number of ether oxygens (including phenoxy) is 4. The van der Waals surface area contributed by atoms with E-state index in [0.717, 1.165) is 5.56 Å². The minimum atomic E-state index is -0.406. The first-order valence-electron chi connectivity index (χ1n) is 10.9. The zero-order valence-corrected chi connectivity index (χ0v) is 18.1. The van der Waals surface area contributed by atoms with Crippen LogP contribution in [-0.4, -0.2) is 36.7 Å². The van der Waals surface area contributed by atoms with Crippen LogP contribution in [0.5, 0.6) is 23.0 Å². The molecule has 0 saturated heterocycles. The van der Waals surface area contributed by atoms with Gasteiger partial charge >= 0.3 is 0 Å². The Balaban J connectivity index is 1.34. The number of imide groups is 1. The summed E-state index contributed by atoms with van der Waals surface area (Å²) in [6.07, 6.45) is 0. The van der Waals surface area contributed by atoms with Gasteiger partial charge < -0.3 is 24.3 Å². The first-order chi connectivity index (χ1) is 16.7. The van der Waals surface area contributed by atoms with Crippen molar-refractivity contribution in [2.45, 2.75) is 6.54 Å². The molecule has 3 aromatic carbocycles. The number of fused-ring (bicyclic) bond motifs is 2. The van der Waals surface area contributed by atoms with Gasteiger partial charge in [-0.1, -0.05) is 36.4 Å². The van der Waals surface area contributed by atoms with Gasteiger partial charge in [0.15, 0.2) is 23.0 Å². The monoisotopic (exact) mass is 456 g/mol. The van der Waals surface area contributed by atoms with Crippen molar-refractivity contribution < 1.29 is 28.5 Å². The number of benzene rings is 3. The highest BCUT2D eigenvalue weighted by Crippen LogP contribution is 2.37. The largest absolute Gasteiger partial charge is 0.486 e. The zero-order valence-electron chi connectivity index (χ0n) is 18.1. The molecular weight excluding hydrogens is 436 g/mol. The number of amides is 2. The molecule has 8 nitrogen and oxygen atoms in total. The molecule has 0 atom stereocenters. The average molecular weight is 456 g/mol. The highest BCUT2D eigenvalue weighted by molar-refractivity contribution is 6.36. The van der Waals surface area contributed by atoms with Gasteiger partial charge in [0.05, 0.1) is 12.1 Å². The first kappa shape index (κ1) is 20.2. The number of nitrogens with one attached hydrogen (secondary N) is 1. The van der Waals surface area contributed by atoms with Gasteiger partial charge in [-0.15, -0.1) is 0 Å². The lowest BCUT2D eigenvalue weighted by Gasteiger charge is -2.19. The van der Waals surface area contributed by atoms with E-state index in [-0.39, 0.29) is 24.9 Å². The molecule has 3 aliphatic rings. The van der Waals surface area contributed by atoms with Crippen LogP contribution in [0, 0.1) is 0 Å². The molecule has 0 fully saturated rings. The number of rotatable bonds is 5. The van der Waals surface area contributed by atoms with Crippen LogP contribution in [0.15, 0.2) is 72.4 Å². The fraction of sp³-hybridized carbons (Fsp3) is 0.154. The Hall–Kier alpha value is -4.46. The Bertz CT molecular complexity index is 1330. The standard InChI is InChI=1S/C26H20N2O6/c29-25-23(17-4-2-1-3-5-17)24(27-18-7-9-19-22(13-18)32-11-10-31-19)26(30)28(25)14-16-6-8-20-21(12-16)34-15-33-20/h1-9,12-13,27H,10-11,14-15H2. The molecule has 0 saturated carbocycles. The fourth-order valence-electron chi connectivity index (χ4n) is 4.20. The number of hydrogen-bond donors (Lipinski definition) is 1. The van der Waals surface area contributed by atoms with Crippen LogP contribution >= 0.6 is 0 Å². The first-order valence-corrected chi connectivity index (χ1v) is 10.9. The third-order valence-electron chi connectivity index (χ3n) is 5.82. The number of carbonyl (C=O) groups is 2. The molecule has 3 aliphatic heterocycles. The molecule has 0 radical (unpaired) electrons. The molecule has 1 N–H and O–H groups in total. The van der Waals surface area contributed by atoms with Crippen LogP contribution in [0.1, 0.15) is 11.1 Å². The number of carbonyl (C=O) groups excluding carboxylic acids is 2. The summed E-state index contributed by atoms with van der Waals surface area (Å²) in [5.41, 5.74) is 2.58. The molecule has 3 heterocycles. The van der Waals surface area contributed by atoms with Gasteiger partial charge in [0.1, 0.15) is 18.9 Å². The van der Waals surface area contributed by atoms with Gasteiger partial charge in [0.25, 0.3) is 11.8 Å². The van der Waals surface area contributed by atoms with Crippen molar-refractivity contribution in [3.63, 3.8) is 0 Å². The Kier molecular flexibility index (Phi) is 4.83. The highest BCUT2D eigenvalue weighted by atomic mass is 16.7. The minimum Gasteiger partial charge on any atom is -0.486 e. The lowest BCUT2D eigenvalue weighted by Crippen LogP contribution is -2.32. The summed E-state index contributed by atoms with van der Waals surface area (Å²) >= 11 is 0. The molecule has 0 unspecified atom stereocenters. The van der Waals surface area contributed by atoms with Crippen LogP contribution in [0.2, 0.25) is 0 Å². The number of anilines is 1. The molecular formula is C26H20N2O6. The smallest absolute Gasteiger partial charge is 0.278 e. The van der Waals surface area contributed by atoms with Crippen LogP contribution in [0.4, 0.5) is 5.69 Å². The van der Waals surface area contributed by atoms with E-state index >= 15 is 0 Å². The Morgan fingerprint density at radius 3 is 2.29 bits per heavy atom. The van der Waals surface area contributed by atoms with E-state index in [4.69, 9.17) is 18.9 Å². The third kappa shape index (κ3) is 3.49. The molecule has 0 bridgehead atoms. The van der Waals surface area contributed by atoms with Crippen LogP contribution in [-0.2, 0) is 16.1 Å². The topological polar surface area (TPSA) is 86.3 Å². The number of hydrogen-bond acceptors (Lipinski definition) is 7. The van der Waals surface area contributed by atoms with E-state index in [2.05, 4.69) is 5.32 Å². The number of nitrogens with zero attached hydrogens (tertiary/aromatic N) is 1. The molecule has 3 aromatic rings. The summed E-state index contributed by atoms with van der Waals surface area (Å²) in [7, 11) is 0. The quantitative estimate of drug-likeness (QED) is 0.588. The van der Waals surface area contributed by atoms with Gasteiger partial charge in [0.2, 0.25) is 6.79 Å². The summed E-state index contributed by atoms with van der Waals surface area (Å²) in [5, 5.41) is 3.16. The van der Waals surface area contributed by atoms with Gasteiger partial charge in [0, 0.05) is 11.8 Å². The molecule has 8 heteroatoms. The molecule has 34 heavy (non-hydrogen) atoms. The maximum absolute atomic E-state index is 13.5. The molecule has 2 amide bonds. The maximum atomic E-state index is 13.5. The maximum Gasteiger partial charge on any atom is 0.278 e. The van der Waals surface area contributed by atoms with Crippen LogP contribution in [0.25, 0.3) is 5.57 Å². The Morgan fingerprint density at radius 2 is 1.44 bits per heavy atom. The van der Waals surface area contributed by atoms with Crippen LogP contribution in [0.3, 0.4) is 0 Å². The third-order valence-corrected chi connectivity index (χ3v) is 5.82. The summed E-state index contributed by atoms with van der Waals surface area (Å²) < 4.78 is 22.0. The van der Waals surface area contributed by atoms with Crippen LogP contribution < -0.4 is 24.3 Å². The van der Waals surface area contributed by atoms with Crippen molar-refractivity contribution >= 4 is 23.1 Å². The molecule has 0 aliphatic carbocycles. The summed E-state index contributed by atoms with van der Waals surface area (Å²) in [5.74, 6) is 1.71. The summed E-state index contributed by atoms with van der Waals surface area (Å²) in [4.78, 5) is 28.2. The van der Waals surface area contributed by atoms with Crippen molar-refractivity contribution in [2.24, 2.45) is 0 Å². The second-order valence-electron chi connectivity index (χ2n) is 7.98. The second-order valence-corrected chi connectivity index (χ2v) is 7.98. The molecule has 6 rings (SSSR count). The van der Waals surface area contributed by atoms with E-state index < -0.39 is 5.91 Å². The Morgan fingerprint density at radius 1 is 0.735 bits per heavy atom. The van der Waals surface area contributed by atoms with E-state index in [1.807, 2.05) is 36.4 Å². The lowest BCUT2D eigenvalue weighted by molar-refractivity contribution is -0.137. The predicted molar refractivity (Wildman–Crippen MR) is 123 cm³/mol. The predicted octanol–water partition coefficient (Wildman–Crippen LogP) is 3.58. The minimum absolute atomic E-state index is 0.108.